The number of carbonyl (C=O) groups excluding carboxylic acids is 1. The normalized spacial score (nSPS) is 22.2. The van der Waals surface area contributed by atoms with Crippen LogP contribution in [0.3, 0.4) is 0 Å². The molecular weight excluding hydrogens is 382 g/mol. The number of aromatic nitrogens is 1. The molecule has 1 saturated carbocycles. The minimum Gasteiger partial charge on any atom is -0.476 e. The van der Waals surface area contributed by atoms with Crippen LogP contribution >= 0.6 is 23.1 Å². The molecule has 3 atom stereocenters. The van der Waals surface area contributed by atoms with Crippen LogP contribution in [0.4, 0.5) is 0 Å². The van der Waals surface area contributed by atoms with Crippen LogP contribution in [-0.2, 0) is 4.79 Å². The van der Waals surface area contributed by atoms with E-state index in [0.717, 1.165) is 29.4 Å². The van der Waals surface area contributed by atoms with Gasteiger partial charge in [-0.1, -0.05) is 30.0 Å². The molecule has 1 aromatic rings. The number of Topliss-reactive ketones (excluding diaryl/α,β-unsaturated/α-hetero) is 1. The summed E-state index contributed by atoms with van der Waals surface area (Å²) in [6, 6.07) is 0. The molecular formula is C20H27NO4S2. The van der Waals surface area contributed by atoms with Crippen LogP contribution in [0.1, 0.15) is 55.9 Å². The van der Waals surface area contributed by atoms with E-state index in [1.165, 1.54) is 28.5 Å². The van der Waals surface area contributed by atoms with Gasteiger partial charge in [-0.25, -0.2) is 9.78 Å². The van der Waals surface area contributed by atoms with E-state index in [2.05, 4.69) is 17.6 Å². The molecule has 1 unspecified atom stereocenters. The van der Waals surface area contributed by atoms with Gasteiger partial charge in [-0.05, 0) is 44.9 Å². The summed E-state index contributed by atoms with van der Waals surface area (Å²) in [6.07, 6.45) is 10.2. The molecule has 0 saturated heterocycles. The van der Waals surface area contributed by atoms with Crippen molar-refractivity contribution in [2.75, 3.05) is 5.75 Å². The zero-order chi connectivity index (χ0) is 19.9. The maximum absolute atomic E-state index is 12.2. The summed E-state index contributed by atoms with van der Waals surface area (Å²) in [5.41, 5.74) is -0.672. The van der Waals surface area contributed by atoms with E-state index in [1.807, 2.05) is 19.1 Å². The van der Waals surface area contributed by atoms with Gasteiger partial charge in [0.25, 0.3) is 0 Å². The lowest BCUT2D eigenvalue weighted by Crippen LogP contribution is -2.22. The highest BCUT2D eigenvalue weighted by atomic mass is 32.2. The van der Waals surface area contributed by atoms with Crippen LogP contribution in [0.25, 0.3) is 0 Å². The number of nitrogens with zero attached hydrogens (tertiary/aromatic N) is 1. The third-order valence-corrected chi connectivity index (χ3v) is 6.89. The van der Waals surface area contributed by atoms with E-state index >= 15 is 0 Å². The summed E-state index contributed by atoms with van der Waals surface area (Å²) < 4.78 is 0.725. The van der Waals surface area contributed by atoms with Crippen LogP contribution in [-0.4, -0.2) is 38.3 Å². The number of rotatable bonds is 11. The Bertz CT molecular complexity index is 696. The van der Waals surface area contributed by atoms with Crippen LogP contribution in [0, 0.1) is 11.8 Å². The third-order valence-electron chi connectivity index (χ3n) is 4.84. The van der Waals surface area contributed by atoms with Crippen molar-refractivity contribution in [1.29, 1.82) is 0 Å². The number of ketones is 1. The van der Waals surface area contributed by atoms with Gasteiger partial charge in [-0.15, -0.1) is 17.9 Å². The smallest absolute Gasteiger partial charge is 0.355 e. The summed E-state index contributed by atoms with van der Waals surface area (Å²) >= 11 is 2.83. The maximum Gasteiger partial charge on any atom is 0.355 e. The number of aromatic carboxylic acids is 1. The van der Waals surface area contributed by atoms with E-state index in [9.17, 15) is 14.7 Å². The second-order valence-electron chi connectivity index (χ2n) is 7.17. The fourth-order valence-electron chi connectivity index (χ4n) is 3.25. The van der Waals surface area contributed by atoms with E-state index in [1.54, 1.807) is 0 Å². The van der Waals surface area contributed by atoms with E-state index < -0.39 is 11.6 Å². The first-order valence-corrected chi connectivity index (χ1v) is 11.0. The van der Waals surface area contributed by atoms with Gasteiger partial charge in [0.1, 0.15) is 5.78 Å². The van der Waals surface area contributed by atoms with Crippen LogP contribution in [0.15, 0.2) is 34.5 Å². The number of hydrogen-bond donors (Lipinski definition) is 2. The Hall–Kier alpha value is -1.44. The molecule has 0 bridgehead atoms. The molecule has 1 fully saturated rings. The second-order valence-corrected chi connectivity index (χ2v) is 9.37. The van der Waals surface area contributed by atoms with Crippen molar-refractivity contribution in [3.05, 3.63) is 35.9 Å². The number of allylic oxidation sites excluding steroid dienone is 2. The van der Waals surface area contributed by atoms with Gasteiger partial charge in [0.15, 0.2) is 10.0 Å². The number of carboxylic acids is 1. The number of thioether (sulfide) groups is 1. The quantitative estimate of drug-likeness (QED) is 0.411. The number of carboxylic acid groups (broad SMARTS) is 1. The minimum atomic E-state index is -1.02. The molecule has 7 heteroatoms. The molecule has 5 nitrogen and oxygen atoms in total. The second kappa shape index (κ2) is 10.2. The fourth-order valence-corrected chi connectivity index (χ4v) is 5.14. The molecule has 2 rings (SSSR count). The Kier molecular flexibility index (Phi) is 8.26. The van der Waals surface area contributed by atoms with Crippen molar-refractivity contribution < 1.29 is 19.8 Å². The van der Waals surface area contributed by atoms with E-state index in [4.69, 9.17) is 5.11 Å². The number of carbonyl (C=O) groups is 2. The van der Waals surface area contributed by atoms with Crippen molar-refractivity contribution in [2.45, 2.75) is 55.4 Å². The van der Waals surface area contributed by atoms with Crippen molar-refractivity contribution in [3.8, 4) is 0 Å². The van der Waals surface area contributed by atoms with Gasteiger partial charge >= 0.3 is 5.97 Å². The lowest BCUT2D eigenvalue weighted by molar-refractivity contribution is -0.121. The van der Waals surface area contributed by atoms with Gasteiger partial charge in [0.05, 0.1) is 5.60 Å². The molecule has 1 aliphatic rings. The minimum absolute atomic E-state index is 0.00535. The molecule has 0 aromatic carbocycles. The first kappa shape index (κ1) is 21.9. The van der Waals surface area contributed by atoms with Gasteiger partial charge in [-0.2, -0.15) is 0 Å². The first-order chi connectivity index (χ1) is 12.8. The Morgan fingerprint density at radius 1 is 1.56 bits per heavy atom. The maximum atomic E-state index is 12.2. The lowest BCUT2D eigenvalue weighted by Gasteiger charge is -2.21. The Morgan fingerprint density at radius 3 is 3.00 bits per heavy atom. The first-order valence-electron chi connectivity index (χ1n) is 9.16. The number of hydrogen-bond acceptors (Lipinski definition) is 6. The molecule has 0 aliphatic heterocycles. The van der Waals surface area contributed by atoms with E-state index in [-0.39, 0.29) is 17.5 Å². The summed E-state index contributed by atoms with van der Waals surface area (Å²) in [6.45, 7) is 5.51. The zero-order valence-corrected chi connectivity index (χ0v) is 17.2. The van der Waals surface area contributed by atoms with Gasteiger partial charge in [0.2, 0.25) is 0 Å². The highest BCUT2D eigenvalue weighted by molar-refractivity contribution is 8.01. The Labute approximate surface area is 168 Å². The predicted octanol–water partition coefficient (Wildman–Crippen LogP) is 4.58. The standard InChI is InChI=1S/C20H27NO4S2/c1-3-4-10-20(2,25)11-5-6-14-7-8-17(22)15(14)9-12-26-19-21-16(13-27-19)18(23)24/h3,5-6,13-15,25H,1,4,7-12H2,2H3,(H,23,24)/t14-,15+,20?/m0/s1. The number of thiazole rings is 1. The van der Waals surface area contributed by atoms with Crippen LogP contribution < -0.4 is 0 Å². The summed E-state index contributed by atoms with van der Waals surface area (Å²) in [5.74, 6) is 0.252. The van der Waals surface area contributed by atoms with E-state index in [0.29, 0.717) is 25.0 Å². The molecule has 1 heterocycles. The highest BCUT2D eigenvalue weighted by Crippen LogP contribution is 2.35. The molecule has 1 aromatic heterocycles. The molecule has 0 spiro atoms. The molecule has 2 N–H and O–H groups in total. The summed E-state index contributed by atoms with van der Waals surface area (Å²) in [7, 11) is 0. The highest BCUT2D eigenvalue weighted by Gasteiger charge is 2.32. The van der Waals surface area contributed by atoms with Crippen molar-refractivity contribution in [1.82, 2.24) is 4.98 Å². The van der Waals surface area contributed by atoms with Crippen LogP contribution in [0.5, 0.6) is 0 Å². The average Bonchev–Trinajstić information content (AvgIpc) is 3.22. The van der Waals surface area contributed by atoms with Crippen LogP contribution in [0.2, 0.25) is 0 Å². The van der Waals surface area contributed by atoms with Crippen molar-refractivity contribution in [3.63, 3.8) is 0 Å². The largest absolute Gasteiger partial charge is 0.476 e. The van der Waals surface area contributed by atoms with Gasteiger partial charge in [0, 0.05) is 23.5 Å². The van der Waals surface area contributed by atoms with Crippen molar-refractivity contribution in [2.24, 2.45) is 11.8 Å². The predicted molar refractivity (Wildman–Crippen MR) is 109 cm³/mol. The fraction of sp³-hybridized carbons (Fsp3) is 0.550. The lowest BCUT2D eigenvalue weighted by atomic mass is 9.90. The molecule has 0 radical (unpaired) electrons. The van der Waals surface area contributed by atoms with Gasteiger partial charge in [-0.3, -0.25) is 4.79 Å². The molecule has 1 aliphatic carbocycles. The zero-order valence-electron chi connectivity index (χ0n) is 15.6. The SMILES string of the molecule is C=CCCC(C)(O)CC=C[C@H]1CCC(=O)[C@@H]1CCSc1nc(C(=O)O)cs1. The number of aliphatic hydroxyl groups is 1. The van der Waals surface area contributed by atoms with Crippen molar-refractivity contribution >= 4 is 34.9 Å². The monoisotopic (exact) mass is 409 g/mol. The topological polar surface area (TPSA) is 87.5 Å². The summed E-state index contributed by atoms with van der Waals surface area (Å²) in [5, 5.41) is 20.8. The molecule has 148 valence electrons. The Morgan fingerprint density at radius 2 is 2.33 bits per heavy atom. The molecule has 0 amide bonds. The average molecular weight is 410 g/mol. The molecule has 27 heavy (non-hydrogen) atoms. The third kappa shape index (κ3) is 6.90. The Balaban J connectivity index is 1.83. The summed E-state index contributed by atoms with van der Waals surface area (Å²) in [4.78, 5) is 27.2. The van der Waals surface area contributed by atoms with Gasteiger partial charge < -0.3 is 10.2 Å².